The zero-order valence-corrected chi connectivity index (χ0v) is 37.2. The molecule has 0 bridgehead atoms. The van der Waals surface area contributed by atoms with Crippen LogP contribution in [-0.2, 0) is 60.4 Å². The van der Waals surface area contributed by atoms with Gasteiger partial charge in [0.15, 0.2) is 29.1 Å². The molecule has 16 nitrogen and oxygen atoms in total. The molecule has 1 spiro atoms. The van der Waals surface area contributed by atoms with E-state index in [4.69, 9.17) is 47.4 Å². The molecule has 8 atom stereocenters. The number of methoxy groups -OCH3 is 2. The second-order valence-electron chi connectivity index (χ2n) is 19.2. The smallest absolute Gasteiger partial charge is 0.351 e. The molecule has 4 saturated heterocycles. The molecule has 8 heterocycles. The molecule has 0 amide bonds. The predicted octanol–water partition coefficient (Wildman–Crippen LogP) is 5.27. The van der Waals surface area contributed by atoms with Gasteiger partial charge in [0.1, 0.15) is 11.9 Å². The predicted molar refractivity (Wildman–Crippen MR) is 227 cm³/mol. The summed E-state index contributed by atoms with van der Waals surface area (Å²) >= 11 is 0. The van der Waals surface area contributed by atoms with Crippen molar-refractivity contribution in [2.24, 2.45) is 0 Å². The summed E-state index contributed by atoms with van der Waals surface area (Å²) in [4.78, 5) is 58.8. The Hall–Kier alpha value is -5.48. The van der Waals surface area contributed by atoms with Gasteiger partial charge in [-0.25, -0.2) is 9.59 Å². The molecule has 8 aliphatic heterocycles. The topological polar surface area (TPSA) is 167 Å². The lowest BCUT2D eigenvalue weighted by Crippen LogP contribution is -2.57. The number of esters is 4. The number of hydrogen-bond donors (Lipinski definition) is 0. The summed E-state index contributed by atoms with van der Waals surface area (Å²) in [5.74, 6) is 0.439. The number of benzene rings is 2. The second kappa shape index (κ2) is 15.9. The highest BCUT2D eigenvalue weighted by atomic mass is 16.7. The number of nitrogens with zero attached hydrogens (tertiary/aromatic N) is 2. The number of cyclic esters (lactones) is 2. The van der Waals surface area contributed by atoms with Gasteiger partial charge in [-0.3, -0.25) is 19.4 Å². The molecular formula is C49H56N2O14. The second-order valence-corrected chi connectivity index (χ2v) is 19.2. The lowest BCUT2D eigenvalue weighted by atomic mass is 9.73. The largest absolute Gasteiger partial charge is 0.505 e. The van der Waals surface area contributed by atoms with E-state index < -0.39 is 58.4 Å². The average Bonchev–Trinajstić information content (AvgIpc) is 4.11. The quantitative estimate of drug-likeness (QED) is 0.110. The maximum absolute atomic E-state index is 14.5. The Kier molecular flexibility index (Phi) is 10.3. The molecule has 0 saturated carbocycles. The summed E-state index contributed by atoms with van der Waals surface area (Å²) in [6.45, 7) is 5.60. The average molecular weight is 897 g/mol. The minimum Gasteiger partial charge on any atom is -0.505 e. The van der Waals surface area contributed by atoms with Crippen LogP contribution in [0.3, 0.4) is 0 Å². The van der Waals surface area contributed by atoms with Crippen LogP contribution in [0.5, 0.6) is 23.0 Å². The van der Waals surface area contributed by atoms with E-state index >= 15 is 0 Å². The van der Waals surface area contributed by atoms with Crippen LogP contribution >= 0.6 is 0 Å². The number of rotatable bonds is 13. The Morgan fingerprint density at radius 3 is 1.97 bits per heavy atom. The maximum atomic E-state index is 14.5. The molecule has 16 heteroatoms. The summed E-state index contributed by atoms with van der Waals surface area (Å²) in [5, 5.41) is 0. The minimum absolute atomic E-state index is 0.128. The molecule has 0 unspecified atom stereocenters. The van der Waals surface area contributed by atoms with Crippen LogP contribution in [0, 0.1) is 0 Å². The SMILES string of the molecule is CO/C=C/[C@]12CCCN1CCc1cc3c(cc1[C@@H]2[C@@H](C)OC(=O)[C@]1(CCCC[C@@]2(C(=O)O[C@@H]4C(OC)=C[C@]56CCCN5CCc5cc7c(cc5[C@H]46)OCO7)CC(=O)O2)CC(=O)O1)OCO3. The molecule has 11 rings (SSSR count). The van der Waals surface area contributed by atoms with Crippen molar-refractivity contribution in [3.05, 3.63) is 70.7 Å². The molecule has 0 N–H and O–H groups in total. The molecule has 2 aromatic carbocycles. The van der Waals surface area contributed by atoms with Gasteiger partial charge >= 0.3 is 23.9 Å². The number of fused-ring (bicyclic) bond motifs is 6. The number of unbranched alkanes of at least 4 members (excludes halogenated alkanes) is 1. The van der Waals surface area contributed by atoms with E-state index in [9.17, 15) is 19.2 Å². The standard InChI is InChI=1S/C49H56N2O14/c1-29(41-32-22-36-34(58-27-60-36)20-30(32)8-17-50-15-6-10-46(41,50)14-19-56-2)62-44(54)48(25-39(52)64-48)12-4-5-13-49(26-40(53)65-49)45(55)63-43-38(57-3)24-47-11-7-16-51(47)18-9-31-21-35-37(61-28-59-35)23-33(31)42(43)47/h14,19-24,29,41-43H,4-13,15-18,25-28H2,1-3H3/b19-14+/t29-,41+,42-,43-,46+,47+,48+,49+/m1/s1. The highest BCUT2D eigenvalue weighted by Gasteiger charge is 2.62. The first-order valence-electron chi connectivity index (χ1n) is 23.2. The third-order valence-corrected chi connectivity index (χ3v) is 15.8. The first-order valence-corrected chi connectivity index (χ1v) is 23.2. The normalized spacial score (nSPS) is 33.1. The van der Waals surface area contributed by atoms with Crippen LogP contribution in [0.4, 0.5) is 0 Å². The van der Waals surface area contributed by atoms with Crippen LogP contribution in [0.2, 0.25) is 0 Å². The van der Waals surface area contributed by atoms with Crippen molar-refractivity contribution in [1.29, 1.82) is 0 Å². The van der Waals surface area contributed by atoms with Gasteiger partial charge < -0.3 is 47.4 Å². The Morgan fingerprint density at radius 2 is 1.34 bits per heavy atom. The van der Waals surface area contributed by atoms with Gasteiger partial charge in [-0.15, -0.1) is 0 Å². The maximum Gasteiger partial charge on any atom is 0.351 e. The molecule has 0 aromatic heterocycles. The molecule has 4 fully saturated rings. The summed E-state index contributed by atoms with van der Waals surface area (Å²) < 4.78 is 58.9. The van der Waals surface area contributed by atoms with E-state index in [-0.39, 0.29) is 51.1 Å². The molecule has 9 aliphatic rings. The Morgan fingerprint density at radius 1 is 0.769 bits per heavy atom. The van der Waals surface area contributed by atoms with Gasteiger partial charge in [-0.2, -0.15) is 0 Å². The van der Waals surface area contributed by atoms with E-state index in [2.05, 4.69) is 22.0 Å². The van der Waals surface area contributed by atoms with Gasteiger partial charge in [0, 0.05) is 19.0 Å². The molecule has 2 aromatic rings. The third-order valence-electron chi connectivity index (χ3n) is 15.8. The van der Waals surface area contributed by atoms with Crippen molar-refractivity contribution in [3.63, 3.8) is 0 Å². The van der Waals surface area contributed by atoms with Crippen molar-refractivity contribution >= 4 is 23.9 Å². The molecule has 0 radical (unpaired) electrons. The highest BCUT2D eigenvalue weighted by molar-refractivity contribution is 5.94. The fraction of sp³-hybridized carbons (Fsp3) is 0.592. The van der Waals surface area contributed by atoms with E-state index in [1.807, 2.05) is 31.2 Å². The monoisotopic (exact) mass is 896 g/mol. The zero-order valence-electron chi connectivity index (χ0n) is 37.2. The van der Waals surface area contributed by atoms with Gasteiger partial charge in [-0.1, -0.05) is 0 Å². The Balaban J connectivity index is 0.802. The van der Waals surface area contributed by atoms with Crippen LogP contribution in [0.25, 0.3) is 0 Å². The molecule has 65 heavy (non-hydrogen) atoms. The minimum atomic E-state index is -1.51. The van der Waals surface area contributed by atoms with E-state index in [1.54, 1.807) is 20.5 Å². The van der Waals surface area contributed by atoms with Crippen LogP contribution in [0.1, 0.15) is 105 Å². The number of hydrogen-bond acceptors (Lipinski definition) is 16. The molecule has 346 valence electrons. The summed E-state index contributed by atoms with van der Waals surface area (Å²) in [7, 11) is 3.21. The van der Waals surface area contributed by atoms with Crippen molar-refractivity contribution in [3.8, 4) is 23.0 Å². The van der Waals surface area contributed by atoms with E-state index in [0.717, 1.165) is 87.0 Å². The van der Waals surface area contributed by atoms with Crippen molar-refractivity contribution in [2.75, 3.05) is 54.0 Å². The van der Waals surface area contributed by atoms with Crippen LogP contribution < -0.4 is 18.9 Å². The first-order chi connectivity index (χ1) is 31.5. The van der Waals surface area contributed by atoms with Crippen molar-refractivity contribution in [2.45, 2.75) is 130 Å². The Bertz CT molecular complexity index is 2360. The lowest BCUT2D eigenvalue weighted by molar-refractivity contribution is -0.214. The Labute approximate surface area is 377 Å². The van der Waals surface area contributed by atoms with Crippen molar-refractivity contribution < 1.29 is 66.5 Å². The van der Waals surface area contributed by atoms with Crippen LogP contribution in [0.15, 0.2) is 48.4 Å². The van der Waals surface area contributed by atoms with Crippen molar-refractivity contribution in [1.82, 2.24) is 9.80 Å². The fourth-order valence-corrected chi connectivity index (χ4v) is 12.8. The summed E-state index contributed by atoms with van der Waals surface area (Å²) in [5.41, 5.74) is 0.305. The van der Waals surface area contributed by atoms with E-state index in [0.29, 0.717) is 41.6 Å². The number of carbonyl (C=O) groups excluding carboxylic acids is 4. The first kappa shape index (κ1) is 42.2. The van der Waals surface area contributed by atoms with Gasteiger partial charge in [0.25, 0.3) is 0 Å². The van der Waals surface area contributed by atoms with Crippen LogP contribution in [-0.4, -0.2) is 122 Å². The lowest BCUT2D eigenvalue weighted by Gasteiger charge is -2.45. The molecular weight excluding hydrogens is 841 g/mol. The van der Waals surface area contributed by atoms with Gasteiger partial charge in [0.05, 0.1) is 50.3 Å². The number of carbonyl (C=O) groups is 4. The summed E-state index contributed by atoms with van der Waals surface area (Å²) in [6.07, 6.45) is 10.5. The van der Waals surface area contributed by atoms with E-state index in [1.165, 1.54) is 0 Å². The van der Waals surface area contributed by atoms with Gasteiger partial charge in [0.2, 0.25) is 24.8 Å². The fourth-order valence-electron chi connectivity index (χ4n) is 12.8. The van der Waals surface area contributed by atoms with Gasteiger partial charge in [-0.05, 0) is 143 Å². The summed E-state index contributed by atoms with van der Waals surface area (Å²) in [6, 6.07) is 8.13. The number of ether oxygens (including phenoxy) is 10. The third kappa shape index (κ3) is 6.66. The zero-order chi connectivity index (χ0) is 44.7. The molecule has 1 aliphatic carbocycles. The highest BCUT2D eigenvalue weighted by Crippen LogP contribution is 2.57.